The van der Waals surface area contributed by atoms with Crippen molar-refractivity contribution in [1.82, 2.24) is 4.90 Å². The molecule has 0 N–H and O–H groups in total. The molecule has 0 saturated heterocycles. The Hall–Kier alpha value is -2.05. The minimum absolute atomic E-state index is 0.0298. The van der Waals surface area contributed by atoms with E-state index in [0.29, 0.717) is 5.56 Å². The number of hydrogen-bond donors (Lipinski definition) is 0. The summed E-state index contributed by atoms with van der Waals surface area (Å²) in [5.41, 5.74) is 0.707. The van der Waals surface area contributed by atoms with E-state index in [1.54, 1.807) is 30.3 Å². The second-order valence-electron chi connectivity index (χ2n) is 4.38. The van der Waals surface area contributed by atoms with Crippen LogP contribution in [0.5, 0.6) is 0 Å². The van der Waals surface area contributed by atoms with Crippen LogP contribution in [0, 0.1) is 0 Å². The quantitative estimate of drug-likeness (QED) is 0.798. The van der Waals surface area contributed by atoms with Crippen molar-refractivity contribution in [2.24, 2.45) is 4.99 Å². The topological polar surface area (TPSA) is 41.9 Å². The van der Waals surface area contributed by atoms with Crippen molar-refractivity contribution in [3.05, 3.63) is 35.9 Å². The van der Waals surface area contributed by atoms with E-state index in [4.69, 9.17) is 0 Å². The largest absolute Gasteiger partial charge is 0.467 e. The van der Waals surface area contributed by atoms with E-state index in [1.165, 1.54) is 0 Å². The van der Waals surface area contributed by atoms with Crippen LogP contribution in [0.3, 0.4) is 0 Å². The molecule has 0 saturated carbocycles. The monoisotopic (exact) mass is 286 g/mol. The van der Waals surface area contributed by atoms with Crippen LogP contribution >= 0.6 is 0 Å². The summed E-state index contributed by atoms with van der Waals surface area (Å²) in [6.45, 7) is 0.0298. The highest BCUT2D eigenvalue weighted by molar-refractivity contribution is 5.81. The summed E-state index contributed by atoms with van der Waals surface area (Å²) in [4.78, 5) is 16.1. The van der Waals surface area contributed by atoms with Gasteiger partial charge < -0.3 is 9.64 Å². The third-order valence-electron chi connectivity index (χ3n) is 3.02. The molecular formula is C13H13F3N2O2. The Kier molecular flexibility index (Phi) is 3.96. The molecule has 4 nitrogen and oxygen atoms in total. The molecule has 20 heavy (non-hydrogen) atoms. The summed E-state index contributed by atoms with van der Waals surface area (Å²) >= 11 is 0. The number of benzene rings is 1. The van der Waals surface area contributed by atoms with E-state index in [9.17, 15) is 18.0 Å². The van der Waals surface area contributed by atoms with Gasteiger partial charge in [-0.15, -0.1) is 0 Å². The summed E-state index contributed by atoms with van der Waals surface area (Å²) in [6.07, 6.45) is -3.50. The zero-order valence-corrected chi connectivity index (χ0v) is 10.7. The Balaban J connectivity index is 2.21. The van der Waals surface area contributed by atoms with Crippen molar-refractivity contribution in [2.45, 2.75) is 24.8 Å². The highest BCUT2D eigenvalue weighted by Gasteiger charge is 2.53. The fourth-order valence-corrected chi connectivity index (χ4v) is 2.10. The molecule has 0 bridgehead atoms. The number of hydrogen-bond acceptors (Lipinski definition) is 4. The summed E-state index contributed by atoms with van der Waals surface area (Å²) in [7, 11) is 1.05. The van der Waals surface area contributed by atoms with Crippen molar-refractivity contribution < 1.29 is 22.7 Å². The van der Waals surface area contributed by atoms with Gasteiger partial charge in [0.05, 0.1) is 13.4 Å². The average Bonchev–Trinajstić information content (AvgIpc) is 2.82. The predicted octanol–water partition coefficient (Wildman–Crippen LogP) is 2.00. The Morgan fingerprint density at radius 2 is 2.00 bits per heavy atom. The number of carbonyl (C=O) groups excluding carboxylic acids is 1. The van der Waals surface area contributed by atoms with Gasteiger partial charge in [0, 0.05) is 6.54 Å². The second kappa shape index (κ2) is 5.52. The molecule has 108 valence electrons. The van der Waals surface area contributed by atoms with Crippen LogP contribution in [-0.2, 0) is 16.1 Å². The first-order chi connectivity index (χ1) is 9.43. The highest BCUT2D eigenvalue weighted by atomic mass is 19.4. The first-order valence-electron chi connectivity index (χ1n) is 5.91. The van der Waals surface area contributed by atoms with Crippen LogP contribution in [-0.4, -0.2) is 42.6 Å². The Morgan fingerprint density at radius 1 is 1.35 bits per heavy atom. The lowest BCUT2D eigenvalue weighted by atomic mass is 10.1. The van der Waals surface area contributed by atoms with Crippen molar-refractivity contribution in [1.29, 1.82) is 0 Å². The smallest absolute Gasteiger partial charge is 0.411 e. The van der Waals surface area contributed by atoms with Gasteiger partial charge in [0.25, 0.3) is 0 Å². The molecule has 0 fully saturated rings. The van der Waals surface area contributed by atoms with E-state index in [-0.39, 0.29) is 6.54 Å². The van der Waals surface area contributed by atoms with E-state index < -0.39 is 24.2 Å². The van der Waals surface area contributed by atoms with Gasteiger partial charge in [0.2, 0.25) is 0 Å². The van der Waals surface area contributed by atoms with Crippen LogP contribution in [0.4, 0.5) is 13.2 Å². The minimum Gasteiger partial charge on any atom is -0.467 e. The number of methoxy groups -OCH3 is 1. The van der Waals surface area contributed by atoms with Crippen LogP contribution < -0.4 is 0 Å². The molecule has 0 aliphatic carbocycles. The number of halogens is 3. The molecule has 2 atom stereocenters. The fraction of sp³-hybridized carbons (Fsp3) is 0.385. The van der Waals surface area contributed by atoms with Gasteiger partial charge in [-0.25, -0.2) is 4.79 Å². The first-order valence-corrected chi connectivity index (χ1v) is 5.91. The molecule has 0 aromatic heterocycles. The molecule has 0 amide bonds. The molecule has 1 aromatic rings. The standard InChI is InChI=1S/C13H13F3N2O2/c1-20-12(19)10-11(13(14,15)16)18(8-17-10)7-9-5-3-2-4-6-9/h2-6,8,10-11H,7H2,1H3. The molecular weight excluding hydrogens is 273 g/mol. The van der Waals surface area contributed by atoms with Crippen molar-refractivity contribution in [2.75, 3.05) is 7.11 Å². The number of ether oxygens (including phenoxy) is 1. The number of esters is 1. The van der Waals surface area contributed by atoms with Crippen LogP contribution in [0.15, 0.2) is 35.3 Å². The number of nitrogens with zero attached hydrogens (tertiary/aromatic N) is 2. The van der Waals surface area contributed by atoms with Gasteiger partial charge >= 0.3 is 12.1 Å². The third kappa shape index (κ3) is 2.92. The molecule has 1 heterocycles. The maximum absolute atomic E-state index is 13.1. The van der Waals surface area contributed by atoms with Gasteiger partial charge in [0.1, 0.15) is 0 Å². The molecule has 0 radical (unpaired) electrons. The molecule has 1 aliphatic rings. The minimum atomic E-state index is -4.57. The second-order valence-corrected chi connectivity index (χ2v) is 4.38. The number of carbonyl (C=O) groups is 1. The molecule has 2 rings (SSSR count). The lowest BCUT2D eigenvalue weighted by Crippen LogP contribution is -2.50. The molecule has 2 unspecified atom stereocenters. The molecule has 1 aliphatic heterocycles. The number of rotatable bonds is 3. The SMILES string of the molecule is COC(=O)C1N=CN(Cc2ccccc2)C1C(F)(F)F. The molecule has 1 aromatic carbocycles. The van der Waals surface area contributed by atoms with Crippen molar-refractivity contribution in [3.63, 3.8) is 0 Å². The van der Waals surface area contributed by atoms with Crippen molar-refractivity contribution >= 4 is 12.3 Å². The third-order valence-corrected chi connectivity index (χ3v) is 3.02. The van der Waals surface area contributed by atoms with Gasteiger partial charge in [-0.2, -0.15) is 13.2 Å². The summed E-state index contributed by atoms with van der Waals surface area (Å²) in [5.74, 6) is -0.987. The van der Waals surface area contributed by atoms with Gasteiger partial charge in [0.15, 0.2) is 12.1 Å². The molecule has 7 heteroatoms. The Bertz CT molecular complexity index is 502. The predicted molar refractivity (Wildman–Crippen MR) is 66.1 cm³/mol. The van der Waals surface area contributed by atoms with Crippen LogP contribution in [0.25, 0.3) is 0 Å². The Labute approximate surface area is 113 Å². The molecule has 0 spiro atoms. The first kappa shape index (κ1) is 14.4. The highest BCUT2D eigenvalue weighted by Crippen LogP contribution is 2.32. The number of aliphatic imine (C=N–C) groups is 1. The lowest BCUT2D eigenvalue weighted by Gasteiger charge is -2.28. The van der Waals surface area contributed by atoms with Crippen molar-refractivity contribution in [3.8, 4) is 0 Å². The lowest BCUT2D eigenvalue weighted by molar-refractivity contribution is -0.183. The van der Waals surface area contributed by atoms with E-state index in [1.807, 2.05) is 0 Å². The zero-order valence-electron chi connectivity index (χ0n) is 10.7. The average molecular weight is 286 g/mol. The maximum atomic E-state index is 13.1. The van der Waals surface area contributed by atoms with E-state index in [0.717, 1.165) is 18.3 Å². The normalized spacial score (nSPS) is 22.1. The van der Waals surface area contributed by atoms with Crippen LogP contribution in [0.2, 0.25) is 0 Å². The fourth-order valence-electron chi connectivity index (χ4n) is 2.10. The summed E-state index contributed by atoms with van der Waals surface area (Å²) in [6, 6.07) is 5.13. The summed E-state index contributed by atoms with van der Waals surface area (Å²) in [5, 5.41) is 0. The maximum Gasteiger partial charge on any atom is 0.411 e. The van der Waals surface area contributed by atoms with Gasteiger partial charge in [-0.05, 0) is 5.56 Å². The van der Waals surface area contributed by atoms with Gasteiger partial charge in [-0.3, -0.25) is 4.99 Å². The van der Waals surface area contributed by atoms with Crippen LogP contribution in [0.1, 0.15) is 5.56 Å². The Morgan fingerprint density at radius 3 is 2.55 bits per heavy atom. The number of alkyl halides is 3. The van der Waals surface area contributed by atoms with Gasteiger partial charge in [-0.1, -0.05) is 30.3 Å². The zero-order chi connectivity index (χ0) is 14.8. The summed E-state index contributed by atoms with van der Waals surface area (Å²) < 4.78 is 43.8. The van der Waals surface area contributed by atoms with E-state index >= 15 is 0 Å². The van der Waals surface area contributed by atoms with E-state index in [2.05, 4.69) is 9.73 Å².